The number of halogens is 3. The van der Waals surface area contributed by atoms with Crippen molar-refractivity contribution in [2.24, 2.45) is 0 Å². The van der Waals surface area contributed by atoms with Gasteiger partial charge in [-0.15, -0.1) is 0 Å². The Kier molecular flexibility index (Phi) is 4.48. The fourth-order valence-electron chi connectivity index (χ4n) is 1.36. The zero-order valence-electron chi connectivity index (χ0n) is 8.79. The molecule has 0 heterocycles. The van der Waals surface area contributed by atoms with E-state index in [0.29, 0.717) is 5.02 Å². The first-order valence-electron chi connectivity index (χ1n) is 4.97. The van der Waals surface area contributed by atoms with E-state index in [0.717, 1.165) is 26.9 Å². The van der Waals surface area contributed by atoms with Crippen molar-refractivity contribution in [1.29, 1.82) is 0 Å². The molecule has 0 saturated carbocycles. The van der Waals surface area contributed by atoms with Gasteiger partial charge in [-0.1, -0.05) is 49.5 Å². The molecule has 0 aliphatic rings. The average molecular weight is 376 g/mol. The SMILES string of the molecule is Clc1ccc(Oc2cc(Br)ccc2CBr)cc1. The van der Waals surface area contributed by atoms with Crippen LogP contribution in [0.25, 0.3) is 0 Å². The molecule has 0 aromatic heterocycles. The van der Waals surface area contributed by atoms with Crippen molar-refractivity contribution in [3.05, 3.63) is 57.5 Å². The third kappa shape index (κ3) is 3.47. The lowest BCUT2D eigenvalue weighted by Crippen LogP contribution is -1.89. The Bertz CT molecular complexity index is 511. The first-order valence-corrected chi connectivity index (χ1v) is 7.26. The van der Waals surface area contributed by atoms with E-state index >= 15 is 0 Å². The minimum atomic E-state index is 0.701. The van der Waals surface area contributed by atoms with Crippen LogP contribution >= 0.6 is 43.5 Å². The Labute approximate surface area is 122 Å². The maximum atomic E-state index is 5.83. The average Bonchev–Trinajstić information content (AvgIpc) is 2.32. The van der Waals surface area contributed by atoms with Gasteiger partial charge in [-0.3, -0.25) is 0 Å². The number of benzene rings is 2. The summed E-state index contributed by atoms with van der Waals surface area (Å²) in [5.41, 5.74) is 1.10. The van der Waals surface area contributed by atoms with Gasteiger partial charge in [0.2, 0.25) is 0 Å². The topological polar surface area (TPSA) is 9.23 Å². The summed E-state index contributed by atoms with van der Waals surface area (Å²) >= 11 is 12.7. The highest BCUT2D eigenvalue weighted by Crippen LogP contribution is 2.30. The van der Waals surface area contributed by atoms with E-state index in [4.69, 9.17) is 16.3 Å². The molecule has 0 amide bonds. The molecule has 0 atom stereocenters. The Hall–Kier alpha value is -0.510. The number of hydrogen-bond acceptors (Lipinski definition) is 1. The Morgan fingerprint density at radius 1 is 1.06 bits per heavy atom. The highest BCUT2D eigenvalue weighted by molar-refractivity contribution is 9.10. The summed E-state index contributed by atoms with van der Waals surface area (Å²) in [5, 5.41) is 1.45. The van der Waals surface area contributed by atoms with Crippen molar-refractivity contribution >= 4 is 43.5 Å². The van der Waals surface area contributed by atoms with Gasteiger partial charge in [-0.25, -0.2) is 0 Å². The van der Waals surface area contributed by atoms with Crippen LogP contribution in [0.3, 0.4) is 0 Å². The minimum absolute atomic E-state index is 0.701. The Morgan fingerprint density at radius 2 is 1.76 bits per heavy atom. The summed E-state index contributed by atoms with van der Waals surface area (Å²) in [6.45, 7) is 0. The van der Waals surface area contributed by atoms with Crippen molar-refractivity contribution in [3.8, 4) is 11.5 Å². The molecule has 0 N–H and O–H groups in total. The maximum Gasteiger partial charge on any atom is 0.132 e. The van der Waals surface area contributed by atoms with Gasteiger partial charge in [0, 0.05) is 20.4 Å². The van der Waals surface area contributed by atoms with E-state index in [-0.39, 0.29) is 0 Å². The number of alkyl halides is 1. The normalized spacial score (nSPS) is 10.3. The first-order chi connectivity index (χ1) is 8.19. The van der Waals surface area contributed by atoms with E-state index in [9.17, 15) is 0 Å². The highest BCUT2D eigenvalue weighted by Gasteiger charge is 2.05. The van der Waals surface area contributed by atoms with E-state index in [2.05, 4.69) is 31.9 Å². The lowest BCUT2D eigenvalue weighted by atomic mass is 10.2. The van der Waals surface area contributed by atoms with Crippen molar-refractivity contribution < 1.29 is 4.74 Å². The molecule has 0 radical (unpaired) electrons. The largest absolute Gasteiger partial charge is 0.457 e. The second kappa shape index (κ2) is 5.89. The molecule has 2 aromatic carbocycles. The van der Waals surface area contributed by atoms with Gasteiger partial charge < -0.3 is 4.74 Å². The van der Waals surface area contributed by atoms with E-state index in [1.165, 1.54) is 0 Å². The molecule has 4 heteroatoms. The first kappa shape index (κ1) is 12.9. The molecule has 2 aromatic rings. The molecule has 0 aliphatic carbocycles. The molecule has 0 spiro atoms. The molecule has 17 heavy (non-hydrogen) atoms. The van der Waals surface area contributed by atoms with Crippen molar-refractivity contribution in [3.63, 3.8) is 0 Å². The number of hydrogen-bond donors (Lipinski definition) is 0. The van der Waals surface area contributed by atoms with Crippen LogP contribution < -0.4 is 4.74 Å². The monoisotopic (exact) mass is 374 g/mol. The zero-order chi connectivity index (χ0) is 12.3. The summed E-state index contributed by atoms with van der Waals surface area (Å²) in [6, 6.07) is 13.3. The predicted molar refractivity (Wildman–Crippen MR) is 78.3 cm³/mol. The van der Waals surface area contributed by atoms with Gasteiger partial charge in [-0.2, -0.15) is 0 Å². The predicted octanol–water partition coefficient (Wildman–Crippen LogP) is 5.79. The lowest BCUT2D eigenvalue weighted by molar-refractivity contribution is 0.478. The quantitative estimate of drug-likeness (QED) is 0.616. The molecule has 0 aliphatic heterocycles. The zero-order valence-corrected chi connectivity index (χ0v) is 12.7. The van der Waals surface area contributed by atoms with Gasteiger partial charge in [0.05, 0.1) is 0 Å². The van der Waals surface area contributed by atoms with E-state index in [1.54, 1.807) is 0 Å². The fraction of sp³-hybridized carbons (Fsp3) is 0.0769. The summed E-state index contributed by atoms with van der Waals surface area (Å²) in [5.74, 6) is 1.60. The molecule has 0 saturated heterocycles. The number of ether oxygens (including phenoxy) is 1. The van der Waals surface area contributed by atoms with Crippen LogP contribution in [0.4, 0.5) is 0 Å². The Morgan fingerprint density at radius 3 is 2.41 bits per heavy atom. The van der Waals surface area contributed by atoms with Gasteiger partial charge in [0.25, 0.3) is 0 Å². The van der Waals surface area contributed by atoms with Crippen molar-refractivity contribution in [2.45, 2.75) is 5.33 Å². The maximum absolute atomic E-state index is 5.83. The minimum Gasteiger partial charge on any atom is -0.457 e. The highest BCUT2D eigenvalue weighted by atomic mass is 79.9. The third-order valence-corrected chi connectivity index (χ3v) is 3.56. The second-order valence-electron chi connectivity index (χ2n) is 3.44. The van der Waals surface area contributed by atoms with E-state index in [1.807, 2.05) is 42.5 Å². The summed E-state index contributed by atoms with van der Waals surface area (Å²) < 4.78 is 6.81. The molecule has 0 bridgehead atoms. The van der Waals surface area contributed by atoms with Crippen LogP contribution in [-0.4, -0.2) is 0 Å². The number of rotatable bonds is 3. The fourth-order valence-corrected chi connectivity index (χ4v) is 2.29. The van der Waals surface area contributed by atoms with Gasteiger partial charge in [-0.05, 0) is 36.4 Å². The van der Waals surface area contributed by atoms with Gasteiger partial charge >= 0.3 is 0 Å². The second-order valence-corrected chi connectivity index (χ2v) is 5.35. The van der Waals surface area contributed by atoms with Crippen LogP contribution in [-0.2, 0) is 5.33 Å². The van der Waals surface area contributed by atoms with Crippen LogP contribution in [0.15, 0.2) is 46.9 Å². The van der Waals surface area contributed by atoms with Crippen LogP contribution in [0, 0.1) is 0 Å². The van der Waals surface area contributed by atoms with Crippen LogP contribution in [0.5, 0.6) is 11.5 Å². The molecule has 1 nitrogen and oxygen atoms in total. The molecular formula is C13H9Br2ClO. The summed E-state index contributed by atoms with van der Waals surface area (Å²) in [6.07, 6.45) is 0. The Balaban J connectivity index is 2.28. The van der Waals surface area contributed by atoms with E-state index < -0.39 is 0 Å². The molecule has 2 rings (SSSR count). The third-order valence-electron chi connectivity index (χ3n) is 2.21. The molecule has 0 fully saturated rings. The summed E-state index contributed by atoms with van der Waals surface area (Å²) in [4.78, 5) is 0. The summed E-state index contributed by atoms with van der Waals surface area (Å²) in [7, 11) is 0. The molecular weight excluding hydrogens is 367 g/mol. The van der Waals surface area contributed by atoms with Crippen molar-refractivity contribution in [1.82, 2.24) is 0 Å². The van der Waals surface area contributed by atoms with Gasteiger partial charge in [0.1, 0.15) is 11.5 Å². The van der Waals surface area contributed by atoms with Gasteiger partial charge in [0.15, 0.2) is 0 Å². The lowest BCUT2D eigenvalue weighted by Gasteiger charge is -2.10. The van der Waals surface area contributed by atoms with Crippen LogP contribution in [0.1, 0.15) is 5.56 Å². The van der Waals surface area contributed by atoms with Crippen LogP contribution in [0.2, 0.25) is 5.02 Å². The smallest absolute Gasteiger partial charge is 0.132 e. The molecule has 88 valence electrons. The molecule has 0 unspecified atom stereocenters. The van der Waals surface area contributed by atoms with Crippen molar-refractivity contribution in [2.75, 3.05) is 0 Å². The standard InChI is InChI=1S/C13H9Br2ClO/c14-8-9-1-2-10(15)7-13(9)17-12-5-3-11(16)4-6-12/h1-7H,8H2.